The number of benzene rings is 1. The van der Waals surface area contributed by atoms with Crippen molar-refractivity contribution in [1.29, 1.82) is 0 Å². The van der Waals surface area contributed by atoms with Gasteiger partial charge in [0.1, 0.15) is 5.82 Å². The van der Waals surface area contributed by atoms with Crippen LogP contribution in [0.3, 0.4) is 0 Å². The van der Waals surface area contributed by atoms with Gasteiger partial charge in [0.25, 0.3) is 5.91 Å². The number of carbonyl (C=O) groups is 2. The molecule has 132 valence electrons. The van der Waals surface area contributed by atoms with Gasteiger partial charge in [-0.25, -0.2) is 9.37 Å². The summed E-state index contributed by atoms with van der Waals surface area (Å²) in [6.45, 7) is 3.87. The first-order valence-electron chi connectivity index (χ1n) is 7.83. The van der Waals surface area contributed by atoms with E-state index in [1.54, 1.807) is 0 Å². The van der Waals surface area contributed by atoms with Crippen molar-refractivity contribution in [2.24, 2.45) is 0 Å². The molecule has 1 heterocycles. The molecule has 0 fully saturated rings. The molecule has 0 bridgehead atoms. The van der Waals surface area contributed by atoms with Gasteiger partial charge in [-0.15, -0.1) is 0 Å². The Bertz CT molecular complexity index is 779. The molecular weight excluding hydrogens is 327 g/mol. The van der Waals surface area contributed by atoms with Crippen molar-refractivity contribution in [2.45, 2.75) is 32.8 Å². The Hall–Kier alpha value is -2.96. The molecule has 7 heteroatoms. The Morgan fingerprint density at radius 3 is 2.72 bits per heavy atom. The lowest BCUT2D eigenvalue weighted by molar-refractivity contribution is -0.136. The summed E-state index contributed by atoms with van der Waals surface area (Å²) in [4.78, 5) is 27.0. The topological polar surface area (TPSA) is 88.5 Å². The predicted octanol–water partition coefficient (Wildman–Crippen LogP) is 3.28. The van der Waals surface area contributed by atoms with Gasteiger partial charge < -0.3 is 15.2 Å². The normalized spacial score (nSPS) is 11.6. The van der Waals surface area contributed by atoms with Crippen molar-refractivity contribution in [3.05, 3.63) is 53.5 Å². The summed E-state index contributed by atoms with van der Waals surface area (Å²) in [6.07, 6.45) is 1.82. The van der Waals surface area contributed by atoms with Crippen LogP contribution < -0.4 is 10.1 Å². The van der Waals surface area contributed by atoms with Gasteiger partial charge in [-0.05, 0) is 37.1 Å². The lowest BCUT2D eigenvalue weighted by atomic mass is 10.1. The number of carboxylic acids is 1. The van der Waals surface area contributed by atoms with Crippen molar-refractivity contribution < 1.29 is 23.8 Å². The van der Waals surface area contributed by atoms with E-state index in [0.29, 0.717) is 11.4 Å². The summed E-state index contributed by atoms with van der Waals surface area (Å²) in [5, 5.41) is 11.3. The zero-order valence-electron chi connectivity index (χ0n) is 14.0. The molecule has 0 saturated heterocycles. The van der Waals surface area contributed by atoms with Crippen LogP contribution in [-0.2, 0) is 11.2 Å². The number of pyridine rings is 1. The van der Waals surface area contributed by atoms with E-state index in [1.807, 2.05) is 13.8 Å². The Balaban J connectivity index is 2.10. The number of carboxylic acid groups (broad SMARTS) is 1. The molecule has 0 spiro atoms. The third-order valence-corrected chi connectivity index (χ3v) is 3.55. The van der Waals surface area contributed by atoms with Crippen molar-refractivity contribution in [2.75, 3.05) is 5.32 Å². The van der Waals surface area contributed by atoms with Crippen molar-refractivity contribution >= 4 is 17.6 Å². The maximum Gasteiger partial charge on any atom is 0.307 e. The van der Waals surface area contributed by atoms with Gasteiger partial charge >= 0.3 is 5.97 Å². The largest absolute Gasteiger partial charge is 0.481 e. The summed E-state index contributed by atoms with van der Waals surface area (Å²) in [7, 11) is 0. The molecule has 6 nitrogen and oxygen atoms in total. The van der Waals surface area contributed by atoms with Crippen LogP contribution in [0.1, 0.15) is 36.2 Å². The molecule has 1 aromatic carbocycles. The van der Waals surface area contributed by atoms with Crippen LogP contribution in [0.4, 0.5) is 10.1 Å². The van der Waals surface area contributed by atoms with E-state index in [-0.39, 0.29) is 17.4 Å². The second-order valence-electron chi connectivity index (χ2n) is 5.55. The van der Waals surface area contributed by atoms with E-state index in [0.717, 1.165) is 12.5 Å². The average Bonchev–Trinajstić information content (AvgIpc) is 2.57. The minimum atomic E-state index is -1.12. The highest BCUT2D eigenvalue weighted by atomic mass is 19.1. The SMILES string of the molecule is CCC(C)Oc1cc(C(=O)Nc2ccc(CC(=O)O)c(F)c2)ccn1. The highest BCUT2D eigenvalue weighted by Gasteiger charge is 2.12. The molecule has 0 saturated carbocycles. The molecule has 2 N–H and O–H groups in total. The first kappa shape index (κ1) is 18.4. The molecule has 0 radical (unpaired) electrons. The van der Waals surface area contributed by atoms with Gasteiger partial charge in [0.2, 0.25) is 5.88 Å². The highest BCUT2D eigenvalue weighted by molar-refractivity contribution is 6.04. The fourth-order valence-corrected chi connectivity index (χ4v) is 2.04. The van der Waals surface area contributed by atoms with Crippen LogP contribution in [0.2, 0.25) is 0 Å². The molecule has 0 aliphatic rings. The quantitative estimate of drug-likeness (QED) is 0.803. The van der Waals surface area contributed by atoms with Crippen LogP contribution in [0.5, 0.6) is 5.88 Å². The molecule has 1 aromatic heterocycles. The van der Waals surface area contributed by atoms with E-state index >= 15 is 0 Å². The third-order valence-electron chi connectivity index (χ3n) is 3.55. The second kappa shape index (κ2) is 8.23. The zero-order valence-corrected chi connectivity index (χ0v) is 14.0. The molecular formula is C18H19FN2O4. The lowest BCUT2D eigenvalue weighted by Crippen LogP contribution is -2.14. The summed E-state index contributed by atoms with van der Waals surface area (Å²) in [6, 6.07) is 6.92. The number of amides is 1. The summed E-state index contributed by atoms with van der Waals surface area (Å²) in [5.41, 5.74) is 0.611. The van der Waals surface area contributed by atoms with E-state index in [4.69, 9.17) is 9.84 Å². The molecule has 1 unspecified atom stereocenters. The number of ether oxygens (including phenoxy) is 1. The van der Waals surface area contributed by atoms with Crippen LogP contribution in [0.25, 0.3) is 0 Å². The van der Waals surface area contributed by atoms with Gasteiger partial charge in [-0.2, -0.15) is 0 Å². The number of aromatic nitrogens is 1. The highest BCUT2D eigenvalue weighted by Crippen LogP contribution is 2.18. The van der Waals surface area contributed by atoms with E-state index < -0.39 is 24.1 Å². The van der Waals surface area contributed by atoms with Crippen LogP contribution in [-0.4, -0.2) is 28.1 Å². The summed E-state index contributed by atoms with van der Waals surface area (Å²) in [5.74, 6) is -1.91. The van der Waals surface area contributed by atoms with E-state index in [2.05, 4.69) is 10.3 Å². The van der Waals surface area contributed by atoms with Gasteiger partial charge in [-0.1, -0.05) is 13.0 Å². The maximum absolute atomic E-state index is 13.9. The van der Waals surface area contributed by atoms with Crippen LogP contribution >= 0.6 is 0 Å². The third kappa shape index (κ3) is 5.27. The Morgan fingerprint density at radius 2 is 2.08 bits per heavy atom. The fourth-order valence-electron chi connectivity index (χ4n) is 2.04. The average molecular weight is 346 g/mol. The Labute approximate surface area is 144 Å². The Kier molecular flexibility index (Phi) is 6.05. The lowest BCUT2D eigenvalue weighted by Gasteiger charge is -2.12. The number of aliphatic carboxylic acids is 1. The number of anilines is 1. The molecule has 0 aliphatic carbocycles. The summed E-state index contributed by atoms with van der Waals surface area (Å²) < 4.78 is 19.4. The predicted molar refractivity (Wildman–Crippen MR) is 90.3 cm³/mol. The minimum absolute atomic E-state index is 0.0262. The maximum atomic E-state index is 13.9. The Morgan fingerprint density at radius 1 is 1.32 bits per heavy atom. The number of halogens is 1. The van der Waals surface area contributed by atoms with Crippen molar-refractivity contribution in [3.8, 4) is 5.88 Å². The van der Waals surface area contributed by atoms with Gasteiger partial charge in [-0.3, -0.25) is 9.59 Å². The van der Waals surface area contributed by atoms with E-state index in [1.165, 1.54) is 30.5 Å². The van der Waals surface area contributed by atoms with Crippen molar-refractivity contribution in [1.82, 2.24) is 4.98 Å². The van der Waals surface area contributed by atoms with Crippen molar-refractivity contribution in [3.63, 3.8) is 0 Å². The number of nitrogens with one attached hydrogen (secondary N) is 1. The number of rotatable bonds is 7. The van der Waals surface area contributed by atoms with Gasteiger partial charge in [0.15, 0.2) is 0 Å². The molecule has 2 aromatic rings. The number of carbonyl (C=O) groups excluding carboxylic acids is 1. The monoisotopic (exact) mass is 346 g/mol. The van der Waals surface area contributed by atoms with E-state index in [9.17, 15) is 14.0 Å². The minimum Gasteiger partial charge on any atom is -0.481 e. The second-order valence-corrected chi connectivity index (χ2v) is 5.55. The number of nitrogens with zero attached hydrogens (tertiary/aromatic N) is 1. The standard InChI is InChI=1S/C18H19FN2O4/c1-3-11(2)25-16-8-13(6-7-20-16)18(24)21-14-5-4-12(9-17(22)23)15(19)10-14/h4-8,10-11H,3,9H2,1-2H3,(H,21,24)(H,22,23). The molecule has 1 amide bonds. The zero-order chi connectivity index (χ0) is 18.4. The van der Waals surface area contributed by atoms with Crippen LogP contribution in [0.15, 0.2) is 36.5 Å². The molecule has 25 heavy (non-hydrogen) atoms. The summed E-state index contributed by atoms with van der Waals surface area (Å²) >= 11 is 0. The number of hydrogen-bond donors (Lipinski definition) is 2. The van der Waals surface area contributed by atoms with Gasteiger partial charge in [0, 0.05) is 23.5 Å². The smallest absolute Gasteiger partial charge is 0.307 e. The molecule has 0 aliphatic heterocycles. The van der Waals surface area contributed by atoms with Gasteiger partial charge in [0.05, 0.1) is 12.5 Å². The van der Waals surface area contributed by atoms with Crippen LogP contribution in [0, 0.1) is 5.82 Å². The molecule has 1 atom stereocenters. The first-order chi connectivity index (χ1) is 11.9. The number of hydrogen-bond acceptors (Lipinski definition) is 4. The first-order valence-corrected chi connectivity index (χ1v) is 7.83. The fraction of sp³-hybridized carbons (Fsp3) is 0.278. The molecule has 2 rings (SSSR count).